The quantitative estimate of drug-likeness (QED) is 0.780. The summed E-state index contributed by atoms with van der Waals surface area (Å²) < 4.78 is 37.4. The van der Waals surface area contributed by atoms with Crippen molar-refractivity contribution in [3.8, 4) is 0 Å². The number of alkyl halides is 3. The Morgan fingerprint density at radius 2 is 1.71 bits per heavy atom. The van der Waals surface area contributed by atoms with Crippen LogP contribution in [0, 0.1) is 0 Å². The molecule has 0 saturated heterocycles. The Morgan fingerprint density at radius 1 is 0.905 bits per heavy atom. The fraction of sp³-hybridized carbons (Fsp3) is 0.0714. The van der Waals surface area contributed by atoms with Gasteiger partial charge in [0.15, 0.2) is 5.65 Å². The average molecular weight is 290 g/mol. The molecule has 21 heavy (non-hydrogen) atoms. The molecule has 0 aromatic carbocycles. The van der Waals surface area contributed by atoms with Crippen LogP contribution >= 0.6 is 0 Å². The molecule has 0 saturated carbocycles. The van der Waals surface area contributed by atoms with Gasteiger partial charge in [-0.1, -0.05) is 0 Å². The van der Waals surface area contributed by atoms with Gasteiger partial charge in [0.1, 0.15) is 5.82 Å². The molecule has 4 nitrogen and oxygen atoms in total. The minimum absolute atomic E-state index is 0.319. The Hall–Kier alpha value is -2.70. The van der Waals surface area contributed by atoms with Gasteiger partial charge in [0, 0.05) is 24.0 Å². The smallest absolute Gasteiger partial charge is 0.340 e. The van der Waals surface area contributed by atoms with Crippen LogP contribution < -0.4 is 5.32 Å². The molecular weight excluding hydrogens is 281 g/mol. The zero-order valence-corrected chi connectivity index (χ0v) is 10.6. The summed E-state index contributed by atoms with van der Waals surface area (Å²) in [6.45, 7) is 0. The van der Waals surface area contributed by atoms with Crippen LogP contribution in [0.5, 0.6) is 0 Å². The fourth-order valence-corrected chi connectivity index (χ4v) is 1.86. The molecule has 0 unspecified atom stereocenters. The molecule has 0 aliphatic heterocycles. The number of hydrogen-bond donors (Lipinski definition) is 1. The maximum Gasteiger partial charge on any atom is 0.417 e. The van der Waals surface area contributed by atoms with Gasteiger partial charge in [-0.3, -0.25) is 0 Å². The Kier molecular flexibility index (Phi) is 3.17. The fourth-order valence-electron chi connectivity index (χ4n) is 1.86. The topological polar surface area (TPSA) is 50.7 Å². The summed E-state index contributed by atoms with van der Waals surface area (Å²) in [5, 5.41) is 3.73. The SMILES string of the molecule is FC(F)(F)c1ccc(Nc2ccnc3ncccc23)nc1. The first kappa shape index (κ1) is 13.3. The van der Waals surface area contributed by atoms with Crippen LogP contribution in [-0.2, 0) is 6.18 Å². The minimum atomic E-state index is -4.39. The van der Waals surface area contributed by atoms with Crippen LogP contribution in [0.2, 0.25) is 0 Å². The van der Waals surface area contributed by atoms with Gasteiger partial charge < -0.3 is 5.32 Å². The zero-order chi connectivity index (χ0) is 14.9. The van der Waals surface area contributed by atoms with Crippen molar-refractivity contribution < 1.29 is 13.2 Å². The largest absolute Gasteiger partial charge is 0.417 e. The highest BCUT2D eigenvalue weighted by Gasteiger charge is 2.30. The van der Waals surface area contributed by atoms with Crippen LogP contribution in [0.15, 0.2) is 48.9 Å². The Labute approximate surface area is 117 Å². The predicted octanol–water partition coefficient (Wildman–Crippen LogP) is 3.79. The lowest BCUT2D eigenvalue weighted by Crippen LogP contribution is -2.05. The van der Waals surface area contributed by atoms with Gasteiger partial charge in [0.25, 0.3) is 0 Å². The highest BCUT2D eigenvalue weighted by molar-refractivity contribution is 5.90. The Morgan fingerprint density at radius 3 is 2.43 bits per heavy atom. The van der Waals surface area contributed by atoms with Gasteiger partial charge in [-0.05, 0) is 30.3 Å². The lowest BCUT2D eigenvalue weighted by Gasteiger charge is -2.10. The van der Waals surface area contributed by atoms with E-state index in [0.29, 0.717) is 17.2 Å². The average Bonchev–Trinajstić information content (AvgIpc) is 2.47. The summed E-state index contributed by atoms with van der Waals surface area (Å²) in [5.41, 5.74) is 0.448. The summed E-state index contributed by atoms with van der Waals surface area (Å²) in [7, 11) is 0. The summed E-state index contributed by atoms with van der Waals surface area (Å²) in [6.07, 6.45) is -0.403. The van der Waals surface area contributed by atoms with E-state index < -0.39 is 11.7 Å². The molecule has 7 heteroatoms. The van der Waals surface area contributed by atoms with Crippen molar-refractivity contribution in [1.82, 2.24) is 15.0 Å². The van der Waals surface area contributed by atoms with Gasteiger partial charge in [-0.25, -0.2) is 15.0 Å². The second-order valence-electron chi connectivity index (χ2n) is 4.29. The first-order chi connectivity index (χ1) is 10.0. The van der Waals surface area contributed by atoms with Crippen molar-refractivity contribution in [2.75, 3.05) is 5.32 Å². The third-order valence-corrected chi connectivity index (χ3v) is 2.87. The molecule has 0 atom stereocenters. The lowest BCUT2D eigenvalue weighted by molar-refractivity contribution is -0.137. The third kappa shape index (κ3) is 2.76. The number of fused-ring (bicyclic) bond motifs is 1. The molecule has 3 heterocycles. The van der Waals surface area contributed by atoms with Crippen molar-refractivity contribution in [2.24, 2.45) is 0 Å². The number of anilines is 2. The highest BCUT2D eigenvalue weighted by atomic mass is 19.4. The molecule has 3 aromatic heterocycles. The first-order valence-electron chi connectivity index (χ1n) is 6.04. The normalized spacial score (nSPS) is 11.6. The van der Waals surface area contributed by atoms with E-state index in [-0.39, 0.29) is 0 Å². The summed E-state index contributed by atoms with van der Waals surface area (Å²) in [5.74, 6) is 0.319. The van der Waals surface area contributed by atoms with Crippen LogP contribution in [0.1, 0.15) is 5.56 Å². The van der Waals surface area contributed by atoms with Crippen LogP contribution in [0.25, 0.3) is 11.0 Å². The third-order valence-electron chi connectivity index (χ3n) is 2.87. The number of halogens is 3. The number of aromatic nitrogens is 3. The Balaban J connectivity index is 1.92. The van der Waals surface area contributed by atoms with Crippen molar-refractivity contribution in [3.05, 3.63) is 54.5 Å². The van der Waals surface area contributed by atoms with E-state index in [2.05, 4.69) is 20.3 Å². The van der Waals surface area contributed by atoms with Crippen molar-refractivity contribution in [2.45, 2.75) is 6.18 Å². The number of rotatable bonds is 2. The van der Waals surface area contributed by atoms with Crippen LogP contribution in [0.4, 0.5) is 24.7 Å². The van der Waals surface area contributed by atoms with Gasteiger partial charge in [0.2, 0.25) is 0 Å². The summed E-state index contributed by atoms with van der Waals surface area (Å²) in [6, 6.07) is 7.56. The molecule has 0 aliphatic rings. The maximum atomic E-state index is 12.5. The van der Waals surface area contributed by atoms with E-state index in [1.54, 1.807) is 24.5 Å². The lowest BCUT2D eigenvalue weighted by atomic mass is 10.2. The van der Waals surface area contributed by atoms with Crippen molar-refractivity contribution in [1.29, 1.82) is 0 Å². The molecular formula is C14H9F3N4. The van der Waals surface area contributed by atoms with E-state index >= 15 is 0 Å². The van der Waals surface area contributed by atoms with Gasteiger partial charge >= 0.3 is 6.18 Å². The zero-order valence-electron chi connectivity index (χ0n) is 10.6. The van der Waals surface area contributed by atoms with E-state index in [1.165, 1.54) is 6.07 Å². The molecule has 0 radical (unpaired) electrons. The van der Waals surface area contributed by atoms with E-state index in [4.69, 9.17) is 0 Å². The van der Waals surface area contributed by atoms with E-state index in [9.17, 15) is 13.2 Å². The van der Waals surface area contributed by atoms with Gasteiger partial charge in [-0.15, -0.1) is 0 Å². The molecule has 0 aliphatic carbocycles. The second kappa shape index (κ2) is 5.01. The van der Waals surface area contributed by atoms with Crippen LogP contribution in [0.3, 0.4) is 0 Å². The molecule has 0 bridgehead atoms. The number of pyridine rings is 3. The number of hydrogen-bond acceptors (Lipinski definition) is 4. The predicted molar refractivity (Wildman–Crippen MR) is 72.1 cm³/mol. The van der Waals surface area contributed by atoms with Gasteiger partial charge in [0.05, 0.1) is 11.3 Å². The molecule has 1 N–H and O–H groups in total. The maximum absolute atomic E-state index is 12.5. The summed E-state index contributed by atoms with van der Waals surface area (Å²) in [4.78, 5) is 12.0. The molecule has 3 aromatic rings. The highest BCUT2D eigenvalue weighted by Crippen LogP contribution is 2.29. The standard InChI is InChI=1S/C14H9F3N4/c15-14(16,17)9-3-4-12(20-8-9)21-11-5-7-19-13-10(11)2-1-6-18-13/h1-8H,(H,18,19,20,21). The number of nitrogens with zero attached hydrogens (tertiary/aromatic N) is 3. The minimum Gasteiger partial charge on any atom is -0.340 e. The molecule has 0 spiro atoms. The van der Waals surface area contributed by atoms with E-state index in [1.807, 2.05) is 6.07 Å². The van der Waals surface area contributed by atoms with Gasteiger partial charge in [-0.2, -0.15) is 13.2 Å². The monoisotopic (exact) mass is 290 g/mol. The molecule has 106 valence electrons. The first-order valence-corrected chi connectivity index (χ1v) is 6.04. The van der Waals surface area contributed by atoms with E-state index in [0.717, 1.165) is 17.6 Å². The second-order valence-corrected chi connectivity index (χ2v) is 4.29. The van der Waals surface area contributed by atoms with Crippen molar-refractivity contribution >= 4 is 22.5 Å². The Bertz CT molecular complexity index is 764. The molecule has 0 fully saturated rings. The molecule has 3 rings (SSSR count). The van der Waals surface area contributed by atoms with Crippen LogP contribution in [-0.4, -0.2) is 15.0 Å². The molecule has 0 amide bonds. The van der Waals surface area contributed by atoms with Crippen molar-refractivity contribution in [3.63, 3.8) is 0 Å². The number of nitrogens with one attached hydrogen (secondary N) is 1. The summed E-state index contributed by atoms with van der Waals surface area (Å²) >= 11 is 0.